The smallest absolute Gasteiger partial charge is 0.326 e. The number of hydrogen-bond acceptors (Lipinski definition) is 4. The van der Waals surface area contributed by atoms with E-state index in [0.717, 1.165) is 17.7 Å². The zero-order chi connectivity index (χ0) is 16.9. The number of urea groups is 1. The van der Waals surface area contributed by atoms with Crippen LogP contribution in [0.4, 0.5) is 16.4 Å². The molecule has 0 spiro atoms. The van der Waals surface area contributed by atoms with Crippen molar-refractivity contribution in [2.45, 2.75) is 20.3 Å². The van der Waals surface area contributed by atoms with E-state index in [0.29, 0.717) is 24.1 Å². The summed E-state index contributed by atoms with van der Waals surface area (Å²) < 4.78 is 7.23. The highest BCUT2D eigenvalue weighted by atomic mass is 16.5. The van der Waals surface area contributed by atoms with Crippen LogP contribution in [0.5, 0.6) is 5.88 Å². The van der Waals surface area contributed by atoms with Crippen molar-refractivity contribution in [3.8, 4) is 5.88 Å². The quantitative estimate of drug-likeness (QED) is 0.754. The number of rotatable bonds is 5. The van der Waals surface area contributed by atoms with E-state index in [1.807, 2.05) is 44.2 Å². The van der Waals surface area contributed by atoms with Crippen molar-refractivity contribution in [3.63, 3.8) is 0 Å². The van der Waals surface area contributed by atoms with Gasteiger partial charge in [0.1, 0.15) is 0 Å². The summed E-state index contributed by atoms with van der Waals surface area (Å²) in [4.78, 5) is 12.3. The van der Waals surface area contributed by atoms with Crippen molar-refractivity contribution in [2.24, 2.45) is 0 Å². The van der Waals surface area contributed by atoms with Crippen LogP contribution < -0.4 is 15.4 Å². The van der Waals surface area contributed by atoms with Gasteiger partial charge in [-0.2, -0.15) is 0 Å². The normalized spacial score (nSPS) is 10.6. The van der Waals surface area contributed by atoms with E-state index in [-0.39, 0.29) is 6.03 Å². The van der Waals surface area contributed by atoms with Crippen LogP contribution in [0, 0.1) is 0 Å². The van der Waals surface area contributed by atoms with Gasteiger partial charge < -0.3 is 10.1 Å². The van der Waals surface area contributed by atoms with E-state index in [1.54, 1.807) is 16.5 Å². The summed E-state index contributed by atoms with van der Waals surface area (Å²) in [6, 6.07) is 12.7. The van der Waals surface area contributed by atoms with Gasteiger partial charge in [0.2, 0.25) is 11.8 Å². The molecule has 0 aliphatic heterocycles. The summed E-state index contributed by atoms with van der Waals surface area (Å²) >= 11 is 0. The third-order valence-corrected chi connectivity index (χ3v) is 3.56. The van der Waals surface area contributed by atoms with Gasteiger partial charge >= 0.3 is 6.03 Å². The molecule has 0 fully saturated rings. The molecule has 124 valence electrons. The van der Waals surface area contributed by atoms with E-state index >= 15 is 0 Å². The first kappa shape index (κ1) is 15.8. The minimum atomic E-state index is -0.378. The number of amides is 2. The van der Waals surface area contributed by atoms with Gasteiger partial charge in [-0.05, 0) is 37.1 Å². The fourth-order valence-electron chi connectivity index (χ4n) is 2.46. The maximum Gasteiger partial charge on any atom is 0.326 e. The minimum Gasteiger partial charge on any atom is -0.479 e. The molecule has 0 aliphatic carbocycles. The second kappa shape index (κ2) is 6.99. The lowest BCUT2D eigenvalue weighted by atomic mass is 10.1. The number of nitrogens with one attached hydrogen (secondary N) is 2. The molecule has 2 N–H and O–H groups in total. The molecule has 3 rings (SSSR count). The van der Waals surface area contributed by atoms with Crippen molar-refractivity contribution in [3.05, 3.63) is 48.0 Å². The Balaban J connectivity index is 1.83. The maximum atomic E-state index is 12.3. The average Bonchev–Trinajstić information content (AvgIpc) is 2.99. The first-order valence-electron chi connectivity index (χ1n) is 7.85. The first-order chi connectivity index (χ1) is 11.7. The SMILES string of the molecule is CCOc1cccc2nnc(NC(=O)Nc3ccccc3CC)n12. The summed E-state index contributed by atoms with van der Waals surface area (Å²) in [6.07, 6.45) is 0.832. The average molecular weight is 325 g/mol. The van der Waals surface area contributed by atoms with Crippen LogP contribution in [0.2, 0.25) is 0 Å². The van der Waals surface area contributed by atoms with Gasteiger partial charge in [0, 0.05) is 5.69 Å². The molecule has 3 aromatic rings. The van der Waals surface area contributed by atoms with E-state index in [9.17, 15) is 4.79 Å². The molecule has 0 saturated heterocycles. The number of carbonyl (C=O) groups excluding carboxylic acids is 1. The monoisotopic (exact) mass is 325 g/mol. The van der Waals surface area contributed by atoms with Crippen molar-refractivity contribution >= 4 is 23.3 Å². The number of aromatic nitrogens is 3. The molecule has 0 radical (unpaired) electrons. The Morgan fingerprint density at radius 3 is 2.71 bits per heavy atom. The number of anilines is 2. The molecule has 7 heteroatoms. The van der Waals surface area contributed by atoms with Crippen LogP contribution in [0.15, 0.2) is 42.5 Å². The number of ether oxygens (including phenoxy) is 1. The van der Waals surface area contributed by atoms with Crippen LogP contribution in [0.1, 0.15) is 19.4 Å². The lowest BCUT2D eigenvalue weighted by Gasteiger charge is -2.11. The van der Waals surface area contributed by atoms with Gasteiger partial charge in [0.25, 0.3) is 0 Å². The molecule has 0 bridgehead atoms. The van der Waals surface area contributed by atoms with Crippen molar-refractivity contribution in [1.29, 1.82) is 0 Å². The molecule has 0 atom stereocenters. The Labute approximate surface area is 139 Å². The number of aryl methyl sites for hydroxylation is 1. The Morgan fingerprint density at radius 1 is 1.08 bits per heavy atom. The van der Waals surface area contributed by atoms with Gasteiger partial charge in [-0.1, -0.05) is 31.2 Å². The molecular formula is C17H19N5O2. The lowest BCUT2D eigenvalue weighted by Crippen LogP contribution is -2.21. The molecule has 24 heavy (non-hydrogen) atoms. The summed E-state index contributed by atoms with van der Waals surface area (Å²) in [6.45, 7) is 4.44. The molecule has 2 amide bonds. The predicted octanol–water partition coefficient (Wildman–Crippen LogP) is 3.33. The largest absolute Gasteiger partial charge is 0.479 e. The molecule has 0 unspecified atom stereocenters. The number of benzene rings is 1. The number of fused-ring (bicyclic) bond motifs is 1. The minimum absolute atomic E-state index is 0.306. The molecule has 7 nitrogen and oxygen atoms in total. The molecule has 2 aromatic heterocycles. The van der Waals surface area contributed by atoms with E-state index in [2.05, 4.69) is 20.8 Å². The number of carbonyl (C=O) groups is 1. The topological polar surface area (TPSA) is 80.6 Å². The molecule has 2 heterocycles. The number of para-hydroxylation sites is 1. The van der Waals surface area contributed by atoms with Crippen LogP contribution >= 0.6 is 0 Å². The highest BCUT2D eigenvalue weighted by Crippen LogP contribution is 2.20. The van der Waals surface area contributed by atoms with E-state index < -0.39 is 0 Å². The second-order valence-corrected chi connectivity index (χ2v) is 5.10. The molecular weight excluding hydrogens is 306 g/mol. The lowest BCUT2D eigenvalue weighted by molar-refractivity contribution is 0.262. The zero-order valence-electron chi connectivity index (χ0n) is 13.6. The molecule has 0 saturated carbocycles. The standard InChI is InChI=1S/C17H19N5O2/c1-3-12-8-5-6-9-13(12)18-17(23)19-16-21-20-14-10-7-11-15(22(14)16)24-4-2/h5-11H,3-4H2,1-2H3,(H2,18,19,21,23). The number of nitrogens with zero attached hydrogens (tertiary/aromatic N) is 3. The third-order valence-electron chi connectivity index (χ3n) is 3.56. The molecule has 0 aliphatic rings. The Morgan fingerprint density at radius 2 is 1.92 bits per heavy atom. The second-order valence-electron chi connectivity index (χ2n) is 5.10. The summed E-state index contributed by atoms with van der Waals surface area (Å²) in [5.41, 5.74) is 2.44. The van der Waals surface area contributed by atoms with Gasteiger partial charge in [-0.3, -0.25) is 5.32 Å². The van der Waals surface area contributed by atoms with Crippen LogP contribution in [0.25, 0.3) is 5.65 Å². The van der Waals surface area contributed by atoms with Gasteiger partial charge in [-0.15, -0.1) is 10.2 Å². The summed E-state index contributed by atoms with van der Waals surface area (Å²) in [5, 5.41) is 13.6. The fraction of sp³-hybridized carbons (Fsp3) is 0.235. The van der Waals surface area contributed by atoms with E-state index in [4.69, 9.17) is 4.74 Å². The summed E-state index contributed by atoms with van der Waals surface area (Å²) in [5.74, 6) is 0.879. The van der Waals surface area contributed by atoms with Crippen molar-refractivity contribution in [2.75, 3.05) is 17.2 Å². The van der Waals surface area contributed by atoms with Crippen molar-refractivity contribution < 1.29 is 9.53 Å². The van der Waals surface area contributed by atoms with Crippen LogP contribution in [-0.4, -0.2) is 27.2 Å². The van der Waals surface area contributed by atoms with Crippen LogP contribution in [0.3, 0.4) is 0 Å². The molecule has 1 aromatic carbocycles. The Hall–Kier alpha value is -3.09. The van der Waals surface area contributed by atoms with Gasteiger partial charge in [0.05, 0.1) is 6.61 Å². The van der Waals surface area contributed by atoms with Crippen molar-refractivity contribution in [1.82, 2.24) is 14.6 Å². The number of pyridine rings is 1. The fourth-order valence-corrected chi connectivity index (χ4v) is 2.46. The highest BCUT2D eigenvalue weighted by molar-refractivity contribution is 5.99. The van der Waals surface area contributed by atoms with Crippen LogP contribution in [-0.2, 0) is 6.42 Å². The Bertz CT molecular complexity index is 859. The van der Waals surface area contributed by atoms with Gasteiger partial charge in [-0.25, -0.2) is 9.20 Å². The predicted molar refractivity (Wildman–Crippen MR) is 92.6 cm³/mol. The highest BCUT2D eigenvalue weighted by Gasteiger charge is 2.13. The first-order valence-corrected chi connectivity index (χ1v) is 7.85. The van der Waals surface area contributed by atoms with E-state index in [1.165, 1.54) is 0 Å². The third kappa shape index (κ3) is 3.15. The van der Waals surface area contributed by atoms with Gasteiger partial charge in [0.15, 0.2) is 5.65 Å². The summed E-state index contributed by atoms with van der Waals surface area (Å²) in [7, 11) is 0. The zero-order valence-corrected chi connectivity index (χ0v) is 13.6. The maximum absolute atomic E-state index is 12.3. The Kier molecular flexibility index (Phi) is 4.60. The number of hydrogen-bond donors (Lipinski definition) is 2.